The van der Waals surface area contributed by atoms with Gasteiger partial charge in [-0.15, -0.1) is 0 Å². The maximum Gasteiger partial charge on any atom is 0.257 e. The molecule has 0 bridgehead atoms. The lowest BCUT2D eigenvalue weighted by atomic mass is 10.2. The Balaban J connectivity index is 1.37. The number of hydrogen-bond donors (Lipinski definition) is 1. The second-order valence-electron chi connectivity index (χ2n) is 6.65. The minimum absolute atomic E-state index is 0.161. The van der Waals surface area contributed by atoms with Crippen molar-refractivity contribution < 1.29 is 9.18 Å². The van der Waals surface area contributed by atoms with Crippen LogP contribution in [-0.4, -0.2) is 37.1 Å². The molecule has 142 valence electrons. The fourth-order valence-electron chi connectivity index (χ4n) is 3.30. The number of nitrogens with zero attached hydrogens (tertiary/aromatic N) is 3. The first-order chi connectivity index (χ1) is 13.7. The SMILES string of the molecule is O=C(Nc1ccccc1F)c1ccc(N2CCN(c3ccccc3)CC2)nc1. The molecule has 0 spiro atoms. The zero-order chi connectivity index (χ0) is 19.3. The molecule has 6 heteroatoms. The van der Waals surface area contributed by atoms with Crippen LogP contribution in [0.4, 0.5) is 21.6 Å². The minimum Gasteiger partial charge on any atom is -0.368 e. The molecule has 2 aromatic carbocycles. The number of anilines is 3. The summed E-state index contributed by atoms with van der Waals surface area (Å²) in [7, 11) is 0. The number of carbonyl (C=O) groups excluding carboxylic acids is 1. The number of aromatic nitrogens is 1. The summed E-state index contributed by atoms with van der Waals surface area (Å²) in [6.45, 7) is 3.56. The van der Waals surface area contributed by atoms with Crippen LogP contribution in [-0.2, 0) is 0 Å². The van der Waals surface area contributed by atoms with Crippen LogP contribution in [0.1, 0.15) is 10.4 Å². The molecule has 1 N–H and O–H groups in total. The lowest BCUT2D eigenvalue weighted by Gasteiger charge is -2.36. The molecule has 5 nitrogen and oxygen atoms in total. The molecule has 1 saturated heterocycles. The molecule has 1 aliphatic rings. The molecule has 1 aliphatic heterocycles. The monoisotopic (exact) mass is 376 g/mol. The summed E-state index contributed by atoms with van der Waals surface area (Å²) in [5.41, 5.74) is 1.79. The molecule has 1 fully saturated rings. The maximum atomic E-state index is 13.7. The van der Waals surface area contributed by atoms with Gasteiger partial charge < -0.3 is 15.1 Å². The average Bonchev–Trinajstić information content (AvgIpc) is 2.76. The standard InChI is InChI=1S/C22H21FN4O/c23-19-8-4-5-9-20(19)25-22(28)17-10-11-21(24-16-17)27-14-12-26(13-15-27)18-6-2-1-3-7-18/h1-11,16H,12-15H2,(H,25,28). The van der Waals surface area contributed by atoms with Crippen LogP contribution in [0.25, 0.3) is 0 Å². The Kier molecular flexibility index (Phi) is 5.19. The van der Waals surface area contributed by atoms with Crippen molar-refractivity contribution >= 4 is 23.1 Å². The van der Waals surface area contributed by atoms with E-state index in [1.165, 1.54) is 24.0 Å². The molecule has 0 atom stereocenters. The highest BCUT2D eigenvalue weighted by Crippen LogP contribution is 2.20. The van der Waals surface area contributed by atoms with Crippen molar-refractivity contribution in [3.63, 3.8) is 0 Å². The van der Waals surface area contributed by atoms with Gasteiger partial charge in [0, 0.05) is 38.1 Å². The van der Waals surface area contributed by atoms with Crippen molar-refractivity contribution in [3.05, 3.63) is 84.3 Å². The Morgan fingerprint density at radius 1 is 0.857 bits per heavy atom. The summed E-state index contributed by atoms with van der Waals surface area (Å²) in [5.74, 6) is 0.00455. The van der Waals surface area contributed by atoms with Crippen LogP contribution in [0.2, 0.25) is 0 Å². The highest BCUT2D eigenvalue weighted by Gasteiger charge is 2.18. The van der Waals surface area contributed by atoms with E-state index in [0.29, 0.717) is 5.56 Å². The summed E-state index contributed by atoms with van der Waals surface area (Å²) in [6, 6.07) is 20.0. The third kappa shape index (κ3) is 3.96. The van der Waals surface area contributed by atoms with Crippen molar-refractivity contribution in [1.82, 2.24) is 4.98 Å². The molecule has 1 aromatic heterocycles. The van der Waals surface area contributed by atoms with Crippen LogP contribution >= 0.6 is 0 Å². The highest BCUT2D eigenvalue weighted by atomic mass is 19.1. The predicted octanol–water partition coefficient (Wildman–Crippen LogP) is 3.80. The van der Waals surface area contributed by atoms with Gasteiger partial charge in [0.1, 0.15) is 11.6 Å². The van der Waals surface area contributed by atoms with Crippen LogP contribution in [0.3, 0.4) is 0 Å². The van der Waals surface area contributed by atoms with Gasteiger partial charge in [-0.1, -0.05) is 30.3 Å². The molecule has 0 saturated carbocycles. The maximum absolute atomic E-state index is 13.7. The zero-order valence-corrected chi connectivity index (χ0v) is 15.4. The fraction of sp³-hybridized carbons (Fsp3) is 0.182. The normalized spacial score (nSPS) is 14.0. The Labute approximate surface area is 163 Å². The molecule has 0 aliphatic carbocycles. The van der Waals surface area contributed by atoms with Crippen molar-refractivity contribution in [3.8, 4) is 0 Å². The summed E-state index contributed by atoms with van der Waals surface area (Å²) in [4.78, 5) is 21.3. The van der Waals surface area contributed by atoms with Crippen LogP contribution in [0, 0.1) is 5.82 Å². The van der Waals surface area contributed by atoms with E-state index in [1.807, 2.05) is 24.3 Å². The van der Waals surface area contributed by atoms with E-state index in [-0.39, 0.29) is 11.6 Å². The number of pyridine rings is 1. The van der Waals surface area contributed by atoms with E-state index in [9.17, 15) is 9.18 Å². The van der Waals surface area contributed by atoms with Gasteiger partial charge in [-0.3, -0.25) is 4.79 Å². The number of piperazine rings is 1. The van der Waals surface area contributed by atoms with E-state index in [0.717, 1.165) is 32.0 Å². The van der Waals surface area contributed by atoms with Crippen molar-refractivity contribution in [2.75, 3.05) is 41.3 Å². The van der Waals surface area contributed by atoms with E-state index in [4.69, 9.17) is 0 Å². The molecule has 3 aromatic rings. The average molecular weight is 376 g/mol. The van der Waals surface area contributed by atoms with Crippen LogP contribution in [0.5, 0.6) is 0 Å². The van der Waals surface area contributed by atoms with Crippen LogP contribution in [0.15, 0.2) is 72.9 Å². The first kappa shape index (κ1) is 18.0. The second-order valence-corrected chi connectivity index (χ2v) is 6.65. The fourth-order valence-corrected chi connectivity index (χ4v) is 3.30. The van der Waals surface area contributed by atoms with E-state index in [1.54, 1.807) is 18.2 Å². The van der Waals surface area contributed by atoms with Gasteiger partial charge in [0.25, 0.3) is 5.91 Å². The lowest BCUT2D eigenvalue weighted by Crippen LogP contribution is -2.46. The first-order valence-corrected chi connectivity index (χ1v) is 9.27. The smallest absolute Gasteiger partial charge is 0.257 e. The molecular weight excluding hydrogens is 355 g/mol. The number of hydrogen-bond acceptors (Lipinski definition) is 4. The van der Waals surface area contributed by atoms with Gasteiger partial charge in [0.15, 0.2) is 0 Å². The van der Waals surface area contributed by atoms with Crippen LogP contribution < -0.4 is 15.1 Å². The molecule has 1 amide bonds. The van der Waals surface area contributed by atoms with Gasteiger partial charge >= 0.3 is 0 Å². The number of nitrogens with one attached hydrogen (secondary N) is 1. The van der Waals surface area contributed by atoms with E-state index in [2.05, 4.69) is 32.2 Å². The molecule has 2 heterocycles. The largest absolute Gasteiger partial charge is 0.368 e. The molecule has 0 unspecified atom stereocenters. The van der Waals surface area contributed by atoms with Gasteiger partial charge in [-0.2, -0.15) is 0 Å². The summed E-state index contributed by atoms with van der Waals surface area (Å²) in [6.07, 6.45) is 1.54. The summed E-state index contributed by atoms with van der Waals surface area (Å²) < 4.78 is 13.7. The Morgan fingerprint density at radius 2 is 1.54 bits per heavy atom. The third-order valence-corrected chi connectivity index (χ3v) is 4.86. The van der Waals surface area contributed by atoms with Crippen molar-refractivity contribution in [2.45, 2.75) is 0 Å². The molecule has 4 rings (SSSR count). The lowest BCUT2D eigenvalue weighted by molar-refractivity contribution is 0.102. The van der Waals surface area contributed by atoms with Crippen molar-refractivity contribution in [2.24, 2.45) is 0 Å². The van der Waals surface area contributed by atoms with Gasteiger partial charge in [0.2, 0.25) is 0 Å². The van der Waals surface area contributed by atoms with Gasteiger partial charge in [-0.05, 0) is 36.4 Å². The number of para-hydroxylation sites is 2. The van der Waals surface area contributed by atoms with Gasteiger partial charge in [0.05, 0.1) is 11.3 Å². The van der Waals surface area contributed by atoms with Gasteiger partial charge in [-0.25, -0.2) is 9.37 Å². The summed E-state index contributed by atoms with van der Waals surface area (Å²) >= 11 is 0. The Bertz CT molecular complexity index is 938. The molecular formula is C22H21FN4O. The predicted molar refractivity (Wildman–Crippen MR) is 109 cm³/mol. The molecule has 0 radical (unpaired) electrons. The topological polar surface area (TPSA) is 48.5 Å². The Hall–Kier alpha value is -3.41. The summed E-state index contributed by atoms with van der Waals surface area (Å²) in [5, 5.41) is 2.58. The minimum atomic E-state index is -0.461. The molecule has 28 heavy (non-hydrogen) atoms. The Morgan fingerprint density at radius 3 is 2.21 bits per heavy atom. The van der Waals surface area contributed by atoms with E-state index < -0.39 is 5.82 Å². The third-order valence-electron chi connectivity index (χ3n) is 4.86. The highest BCUT2D eigenvalue weighted by molar-refractivity contribution is 6.04. The van der Waals surface area contributed by atoms with E-state index >= 15 is 0 Å². The number of amides is 1. The zero-order valence-electron chi connectivity index (χ0n) is 15.4. The quantitative estimate of drug-likeness (QED) is 0.753. The van der Waals surface area contributed by atoms with Crippen molar-refractivity contribution in [1.29, 1.82) is 0 Å². The number of carbonyl (C=O) groups is 1. The second kappa shape index (κ2) is 8.08. The number of rotatable bonds is 4. The number of benzene rings is 2. The first-order valence-electron chi connectivity index (χ1n) is 9.27. The number of halogens is 1.